The molecule has 2 aliphatic rings. The van der Waals surface area contributed by atoms with E-state index in [-0.39, 0.29) is 33.9 Å². The van der Waals surface area contributed by atoms with E-state index in [1.165, 1.54) is 22.6 Å². The highest BCUT2D eigenvalue weighted by Gasteiger charge is 2.41. The molecule has 37 heavy (non-hydrogen) atoms. The first-order chi connectivity index (χ1) is 17.9. The number of benzene rings is 1. The third-order valence-corrected chi connectivity index (χ3v) is 7.69. The molecule has 1 aliphatic heterocycles. The SMILES string of the molecule is CCOC(=O)CCCn1ncc(C=C2CN(C(C(=O)C3CC3)c3ccccc3F)CCC2SC(C)=O)n1. The molecule has 1 aromatic carbocycles. The molecule has 0 amide bonds. The summed E-state index contributed by atoms with van der Waals surface area (Å²) < 4.78 is 19.8. The highest BCUT2D eigenvalue weighted by molar-refractivity contribution is 8.14. The van der Waals surface area contributed by atoms with Gasteiger partial charge in [0.2, 0.25) is 0 Å². The van der Waals surface area contributed by atoms with Gasteiger partial charge in [-0.15, -0.1) is 0 Å². The Balaban J connectivity index is 1.54. The van der Waals surface area contributed by atoms with E-state index in [4.69, 9.17) is 4.74 Å². The molecular weight excluding hydrogens is 495 g/mol. The number of aromatic nitrogens is 3. The number of aryl methyl sites for hydroxylation is 1. The van der Waals surface area contributed by atoms with Crippen molar-refractivity contribution >= 4 is 34.7 Å². The van der Waals surface area contributed by atoms with Crippen molar-refractivity contribution in [3.05, 3.63) is 53.1 Å². The maximum atomic E-state index is 14.8. The molecule has 1 saturated carbocycles. The number of rotatable bonds is 11. The average molecular weight is 529 g/mol. The summed E-state index contributed by atoms with van der Waals surface area (Å²) in [5, 5.41) is 8.78. The molecule has 2 atom stereocenters. The Labute approximate surface area is 220 Å². The lowest BCUT2D eigenvalue weighted by Gasteiger charge is -2.38. The molecule has 1 aliphatic carbocycles. The van der Waals surface area contributed by atoms with Gasteiger partial charge in [-0.05, 0) is 50.3 Å². The number of piperidine rings is 1. The number of esters is 1. The number of halogens is 1. The zero-order chi connectivity index (χ0) is 26.4. The Morgan fingerprint density at radius 1 is 1.24 bits per heavy atom. The number of nitrogens with zero attached hydrogens (tertiary/aromatic N) is 4. The molecule has 198 valence electrons. The van der Waals surface area contributed by atoms with Crippen molar-refractivity contribution in [1.29, 1.82) is 0 Å². The summed E-state index contributed by atoms with van der Waals surface area (Å²) >= 11 is 1.27. The smallest absolute Gasteiger partial charge is 0.305 e. The number of ketones is 1. The fraction of sp³-hybridized carbons (Fsp3) is 0.519. The maximum absolute atomic E-state index is 14.8. The Kier molecular flexibility index (Phi) is 9.26. The van der Waals surface area contributed by atoms with Crippen molar-refractivity contribution < 1.29 is 23.5 Å². The van der Waals surface area contributed by atoms with Crippen LogP contribution in [0.1, 0.15) is 63.3 Å². The van der Waals surface area contributed by atoms with Gasteiger partial charge in [0.15, 0.2) is 10.9 Å². The number of Topliss-reactive ketones (excluding diaryl/α,β-unsaturated/α-hetero) is 1. The van der Waals surface area contributed by atoms with E-state index in [0.29, 0.717) is 56.8 Å². The zero-order valence-corrected chi connectivity index (χ0v) is 22.1. The molecular formula is C27H33FN4O4S. The van der Waals surface area contributed by atoms with Crippen molar-refractivity contribution in [3.8, 4) is 0 Å². The van der Waals surface area contributed by atoms with Crippen LogP contribution in [0.2, 0.25) is 0 Å². The minimum Gasteiger partial charge on any atom is -0.466 e. The number of carbonyl (C=O) groups is 3. The van der Waals surface area contributed by atoms with Crippen LogP contribution in [0.4, 0.5) is 4.39 Å². The van der Waals surface area contributed by atoms with Crippen LogP contribution in [-0.4, -0.2) is 61.7 Å². The van der Waals surface area contributed by atoms with Gasteiger partial charge in [-0.3, -0.25) is 19.3 Å². The van der Waals surface area contributed by atoms with Gasteiger partial charge in [0.05, 0.1) is 25.4 Å². The van der Waals surface area contributed by atoms with Crippen molar-refractivity contribution in [1.82, 2.24) is 19.9 Å². The maximum Gasteiger partial charge on any atom is 0.305 e. The lowest BCUT2D eigenvalue weighted by atomic mass is 9.93. The molecule has 0 bridgehead atoms. The molecule has 2 aromatic rings. The second-order valence-electron chi connectivity index (χ2n) is 9.45. The molecule has 1 saturated heterocycles. The molecule has 8 nitrogen and oxygen atoms in total. The number of hydrogen-bond acceptors (Lipinski definition) is 8. The van der Waals surface area contributed by atoms with E-state index < -0.39 is 6.04 Å². The fourth-order valence-corrected chi connectivity index (χ4v) is 5.59. The Bertz CT molecular complexity index is 1160. The molecule has 0 radical (unpaired) electrons. The molecule has 0 spiro atoms. The first-order valence-electron chi connectivity index (χ1n) is 12.8. The number of likely N-dealkylation sites (tertiary alicyclic amines) is 1. The van der Waals surface area contributed by atoms with E-state index >= 15 is 0 Å². The van der Waals surface area contributed by atoms with Gasteiger partial charge >= 0.3 is 5.97 Å². The quantitative estimate of drug-likeness (QED) is 0.400. The van der Waals surface area contributed by atoms with Gasteiger partial charge in [0.25, 0.3) is 0 Å². The van der Waals surface area contributed by atoms with Gasteiger partial charge in [0, 0.05) is 43.2 Å². The molecule has 4 rings (SSSR count). The van der Waals surface area contributed by atoms with Crippen molar-refractivity contribution in [3.63, 3.8) is 0 Å². The van der Waals surface area contributed by atoms with Crippen molar-refractivity contribution in [2.24, 2.45) is 5.92 Å². The monoisotopic (exact) mass is 528 g/mol. The molecule has 2 unspecified atom stereocenters. The summed E-state index contributed by atoms with van der Waals surface area (Å²) in [5.74, 6) is -0.572. The summed E-state index contributed by atoms with van der Waals surface area (Å²) in [7, 11) is 0. The van der Waals surface area contributed by atoms with Crippen LogP contribution >= 0.6 is 11.8 Å². The second-order valence-corrected chi connectivity index (χ2v) is 10.8. The molecule has 2 heterocycles. The van der Waals surface area contributed by atoms with Gasteiger partial charge in [-0.2, -0.15) is 15.0 Å². The van der Waals surface area contributed by atoms with Crippen LogP contribution in [0.25, 0.3) is 6.08 Å². The number of carbonyl (C=O) groups excluding carboxylic acids is 3. The molecule has 2 fully saturated rings. The van der Waals surface area contributed by atoms with Gasteiger partial charge in [-0.1, -0.05) is 30.0 Å². The Morgan fingerprint density at radius 3 is 2.73 bits per heavy atom. The summed E-state index contributed by atoms with van der Waals surface area (Å²) in [6, 6.07) is 5.84. The zero-order valence-electron chi connectivity index (χ0n) is 21.3. The van der Waals surface area contributed by atoms with Crippen LogP contribution in [0.5, 0.6) is 0 Å². The fourth-order valence-electron chi connectivity index (χ4n) is 4.67. The largest absolute Gasteiger partial charge is 0.466 e. The number of thioether (sulfide) groups is 1. The lowest BCUT2D eigenvalue weighted by molar-refractivity contribution is -0.143. The highest BCUT2D eigenvalue weighted by atomic mass is 32.2. The van der Waals surface area contributed by atoms with Crippen molar-refractivity contribution in [2.45, 2.75) is 63.8 Å². The molecule has 1 aromatic heterocycles. The van der Waals surface area contributed by atoms with Crippen LogP contribution < -0.4 is 0 Å². The highest BCUT2D eigenvalue weighted by Crippen LogP contribution is 2.40. The molecule has 10 heteroatoms. The predicted molar refractivity (Wildman–Crippen MR) is 139 cm³/mol. The van der Waals surface area contributed by atoms with E-state index in [1.807, 2.05) is 11.0 Å². The van der Waals surface area contributed by atoms with Crippen LogP contribution in [0.3, 0.4) is 0 Å². The van der Waals surface area contributed by atoms with Crippen LogP contribution in [0, 0.1) is 11.7 Å². The van der Waals surface area contributed by atoms with E-state index in [0.717, 1.165) is 18.4 Å². The minimum atomic E-state index is -0.654. The topological polar surface area (TPSA) is 94.4 Å². The van der Waals surface area contributed by atoms with Gasteiger partial charge in [0.1, 0.15) is 11.5 Å². The van der Waals surface area contributed by atoms with Crippen LogP contribution in [0.15, 0.2) is 36.0 Å². The normalized spacial score (nSPS) is 20.1. The van der Waals surface area contributed by atoms with Crippen molar-refractivity contribution in [2.75, 3.05) is 19.7 Å². The minimum absolute atomic E-state index is 0.0177. The third kappa shape index (κ3) is 7.35. The van der Waals surface area contributed by atoms with Crippen LogP contribution in [-0.2, 0) is 25.7 Å². The summed E-state index contributed by atoms with van der Waals surface area (Å²) in [4.78, 5) is 40.4. The Hall–Kier alpha value is -2.85. The van der Waals surface area contributed by atoms with E-state index in [9.17, 15) is 18.8 Å². The summed E-state index contributed by atoms with van der Waals surface area (Å²) in [5.41, 5.74) is 2.00. The third-order valence-electron chi connectivity index (χ3n) is 6.53. The van der Waals surface area contributed by atoms with Gasteiger partial charge in [-0.25, -0.2) is 4.39 Å². The van der Waals surface area contributed by atoms with E-state index in [1.54, 1.807) is 38.2 Å². The average Bonchev–Trinajstić information content (AvgIpc) is 3.62. The number of ether oxygens (including phenoxy) is 1. The van der Waals surface area contributed by atoms with Gasteiger partial charge < -0.3 is 4.74 Å². The van der Waals surface area contributed by atoms with E-state index in [2.05, 4.69) is 10.2 Å². The Morgan fingerprint density at radius 2 is 2.03 bits per heavy atom. The lowest BCUT2D eigenvalue weighted by Crippen LogP contribution is -2.43. The first kappa shape index (κ1) is 27.2. The predicted octanol–water partition coefficient (Wildman–Crippen LogP) is 4.22. The number of hydrogen-bond donors (Lipinski definition) is 0. The molecule has 0 N–H and O–H groups in total. The standard InChI is InChI=1S/C27H33FN4O4S/c1-3-36-25(34)9-6-13-32-29-16-21(30-32)15-20-17-31(14-12-24(20)37-18(2)33)26(27(35)19-10-11-19)22-7-4-5-8-23(22)28/h4-5,7-8,15-16,19,24,26H,3,6,9-14,17H2,1-2H3. The summed E-state index contributed by atoms with van der Waals surface area (Å²) in [6.07, 6.45) is 6.78. The second kappa shape index (κ2) is 12.6. The summed E-state index contributed by atoms with van der Waals surface area (Å²) in [6.45, 7) is 5.17. The first-order valence-corrected chi connectivity index (χ1v) is 13.7.